The minimum Gasteiger partial charge on any atom is -0.497 e. The number of amides is 1. The number of nitrogens with one attached hydrogen (secondary N) is 1. The van der Waals surface area contributed by atoms with Crippen molar-refractivity contribution in [2.45, 2.75) is 56.1 Å². The first kappa shape index (κ1) is 33.2. The zero-order valence-electron chi connectivity index (χ0n) is 25.5. The molecular weight excluding hydrogens is 612 g/mol. The van der Waals surface area contributed by atoms with Gasteiger partial charge in [0, 0.05) is 30.8 Å². The monoisotopic (exact) mass is 650 g/mol. The van der Waals surface area contributed by atoms with Gasteiger partial charge in [-0.15, -0.1) is 0 Å². The number of hydrogen-bond donors (Lipinski definition) is 2. The maximum Gasteiger partial charge on any atom is 0.261 e. The van der Waals surface area contributed by atoms with E-state index < -0.39 is 32.2 Å². The molecule has 0 aliphatic carbocycles. The average molecular weight is 651 g/mol. The van der Waals surface area contributed by atoms with Crippen molar-refractivity contribution in [3.8, 4) is 11.5 Å². The molecule has 0 unspecified atom stereocenters. The van der Waals surface area contributed by atoms with Crippen molar-refractivity contribution >= 4 is 31.6 Å². The summed E-state index contributed by atoms with van der Waals surface area (Å²) in [5.74, 6) is 0.322. The van der Waals surface area contributed by atoms with Crippen LogP contribution < -0.4 is 14.2 Å². The van der Waals surface area contributed by atoms with Crippen molar-refractivity contribution in [2.24, 2.45) is 5.92 Å². The Morgan fingerprint density at radius 1 is 1.16 bits per heavy atom. The summed E-state index contributed by atoms with van der Waals surface area (Å²) in [5.41, 5.74) is 0.844. The molecule has 44 heavy (non-hydrogen) atoms. The van der Waals surface area contributed by atoms with E-state index >= 15 is 0 Å². The number of hydrogen-bond acceptors (Lipinski definition) is 10. The molecular formula is C29H38N4O9S2. The van der Waals surface area contributed by atoms with Gasteiger partial charge >= 0.3 is 0 Å². The Morgan fingerprint density at radius 2 is 1.84 bits per heavy atom. The van der Waals surface area contributed by atoms with E-state index in [0.717, 1.165) is 4.31 Å². The lowest BCUT2D eigenvalue weighted by Crippen LogP contribution is -2.48. The molecule has 0 radical (unpaired) electrons. The molecule has 0 spiro atoms. The molecule has 0 bridgehead atoms. The molecule has 0 saturated carbocycles. The Balaban J connectivity index is 1.68. The second-order valence-electron chi connectivity index (χ2n) is 10.9. The lowest BCUT2D eigenvalue weighted by molar-refractivity contribution is -0.134. The van der Waals surface area contributed by atoms with Gasteiger partial charge in [-0.25, -0.2) is 16.8 Å². The van der Waals surface area contributed by atoms with E-state index in [4.69, 9.17) is 14.0 Å². The number of sulfonamides is 2. The third-order valence-corrected chi connectivity index (χ3v) is 11.1. The van der Waals surface area contributed by atoms with E-state index in [1.807, 2.05) is 6.92 Å². The second-order valence-corrected chi connectivity index (χ2v) is 14.6. The van der Waals surface area contributed by atoms with Crippen LogP contribution in [0.15, 0.2) is 56.8 Å². The van der Waals surface area contributed by atoms with Crippen LogP contribution in [0.2, 0.25) is 0 Å². The summed E-state index contributed by atoms with van der Waals surface area (Å²) in [7, 11) is -5.06. The van der Waals surface area contributed by atoms with Gasteiger partial charge in [-0.3, -0.25) is 9.52 Å². The summed E-state index contributed by atoms with van der Waals surface area (Å²) in [6, 6.07) is 9.97. The Morgan fingerprint density at radius 3 is 2.43 bits per heavy atom. The van der Waals surface area contributed by atoms with Crippen molar-refractivity contribution in [2.75, 3.05) is 38.6 Å². The predicted octanol–water partition coefficient (Wildman–Crippen LogP) is 2.57. The van der Waals surface area contributed by atoms with Crippen molar-refractivity contribution in [3.63, 3.8) is 0 Å². The number of rotatable bonds is 10. The highest BCUT2D eigenvalue weighted by molar-refractivity contribution is 7.92. The number of aliphatic hydroxyl groups is 1. The molecule has 15 heteroatoms. The van der Waals surface area contributed by atoms with Gasteiger partial charge in [0.2, 0.25) is 15.9 Å². The molecule has 13 nitrogen and oxygen atoms in total. The number of fused-ring (bicyclic) bond motifs is 1. The summed E-state index contributed by atoms with van der Waals surface area (Å²) in [6.45, 7) is 6.46. The SMILES string of the molecule is COc1ccc(S(=O)(=O)Nc2ccc3c(c2)CC(=O)N([C@@H](C)CO)C[C@@H](C)[C@@H](CN(C)S(=O)(=O)c2c(C)noc2C)O3)cc1. The predicted molar refractivity (Wildman–Crippen MR) is 162 cm³/mol. The number of likely N-dealkylation sites (N-methyl/N-ethyl adjacent to an activating group) is 1. The van der Waals surface area contributed by atoms with E-state index in [1.165, 1.54) is 62.4 Å². The summed E-state index contributed by atoms with van der Waals surface area (Å²) < 4.78 is 73.4. The molecule has 2 heterocycles. The highest BCUT2D eigenvalue weighted by Gasteiger charge is 2.35. The van der Waals surface area contributed by atoms with Crippen LogP contribution in [0.25, 0.3) is 0 Å². The van der Waals surface area contributed by atoms with Gasteiger partial charge < -0.3 is 24.0 Å². The topological polar surface area (TPSA) is 169 Å². The first-order chi connectivity index (χ1) is 20.7. The van der Waals surface area contributed by atoms with Crippen molar-refractivity contribution < 1.29 is 40.7 Å². The molecule has 1 amide bonds. The van der Waals surface area contributed by atoms with Crippen LogP contribution >= 0.6 is 0 Å². The number of aliphatic hydroxyl groups excluding tert-OH is 1. The normalized spacial score (nSPS) is 18.5. The lowest BCUT2D eigenvalue weighted by atomic mass is 10.0. The number of anilines is 1. The maximum absolute atomic E-state index is 13.5. The minimum atomic E-state index is -4.00. The molecule has 2 aromatic carbocycles. The van der Waals surface area contributed by atoms with Crippen LogP contribution in [0.5, 0.6) is 11.5 Å². The smallest absolute Gasteiger partial charge is 0.261 e. The fourth-order valence-electron chi connectivity index (χ4n) is 5.03. The average Bonchev–Trinajstić information content (AvgIpc) is 3.34. The molecule has 2 N–H and O–H groups in total. The van der Waals surface area contributed by atoms with Crippen LogP contribution in [0.4, 0.5) is 5.69 Å². The molecule has 3 aromatic rings. The Kier molecular flexibility index (Phi) is 9.93. The first-order valence-electron chi connectivity index (χ1n) is 13.9. The first-order valence-corrected chi connectivity index (χ1v) is 16.9. The Labute approximate surface area is 257 Å². The van der Waals surface area contributed by atoms with E-state index in [2.05, 4.69) is 9.88 Å². The number of carbonyl (C=O) groups is 1. The maximum atomic E-state index is 13.5. The summed E-state index contributed by atoms with van der Waals surface area (Å²) in [6.07, 6.45) is -0.861. The van der Waals surface area contributed by atoms with Crippen molar-refractivity contribution in [1.82, 2.24) is 14.4 Å². The van der Waals surface area contributed by atoms with Gasteiger partial charge in [0.15, 0.2) is 5.76 Å². The van der Waals surface area contributed by atoms with Crippen molar-refractivity contribution in [3.05, 3.63) is 59.5 Å². The molecule has 1 aliphatic rings. The number of methoxy groups -OCH3 is 1. The standard InChI is InChI=1S/C29H38N4O9S2/c1-18-15-33(19(2)17-34)28(35)14-22-13-23(31-43(36,37)25-10-8-24(40-6)9-11-25)7-12-26(22)41-27(18)16-32(5)44(38,39)29-20(3)30-42-21(29)4/h7-13,18-19,27,31,34H,14-17H2,1-6H3/t18-,19+,27-/m1/s1. The molecule has 240 valence electrons. The van der Waals surface area contributed by atoms with Gasteiger partial charge in [-0.05, 0) is 63.2 Å². The van der Waals surface area contributed by atoms with Crippen molar-refractivity contribution in [1.29, 1.82) is 0 Å². The number of aromatic nitrogens is 1. The van der Waals surface area contributed by atoms with Gasteiger partial charge in [0.05, 0.1) is 37.6 Å². The highest BCUT2D eigenvalue weighted by atomic mass is 32.2. The summed E-state index contributed by atoms with van der Waals surface area (Å²) >= 11 is 0. The van der Waals surface area contributed by atoms with Crippen LogP contribution in [0.3, 0.4) is 0 Å². The fraction of sp³-hybridized carbons (Fsp3) is 0.448. The van der Waals surface area contributed by atoms with Crippen LogP contribution in [0.1, 0.15) is 30.9 Å². The second kappa shape index (κ2) is 13.1. The van der Waals surface area contributed by atoms with Gasteiger partial charge in [-0.1, -0.05) is 12.1 Å². The quantitative estimate of drug-likeness (QED) is 0.333. The van der Waals surface area contributed by atoms with Crippen LogP contribution in [-0.4, -0.2) is 88.2 Å². The molecule has 1 aromatic heterocycles. The minimum absolute atomic E-state index is 0.0180. The summed E-state index contributed by atoms with van der Waals surface area (Å²) in [5, 5.41) is 13.7. The molecule has 1 aliphatic heterocycles. The third kappa shape index (κ3) is 7.01. The van der Waals surface area contributed by atoms with E-state index in [-0.39, 0.29) is 64.9 Å². The molecule has 0 saturated heterocycles. The fourth-order valence-corrected chi connectivity index (χ4v) is 7.55. The van der Waals surface area contributed by atoms with Crippen LogP contribution in [-0.2, 0) is 31.3 Å². The molecule has 4 rings (SSSR count). The summed E-state index contributed by atoms with van der Waals surface area (Å²) in [4.78, 5) is 15.0. The largest absolute Gasteiger partial charge is 0.497 e. The number of nitrogens with zero attached hydrogens (tertiary/aromatic N) is 3. The van der Waals surface area contributed by atoms with E-state index in [9.17, 15) is 26.7 Å². The Hall–Kier alpha value is -3.66. The highest BCUT2D eigenvalue weighted by Crippen LogP contribution is 2.31. The molecule has 3 atom stereocenters. The number of aryl methyl sites for hydroxylation is 2. The Bertz CT molecular complexity index is 1690. The van der Waals surface area contributed by atoms with Gasteiger partial charge in [-0.2, -0.15) is 4.31 Å². The van der Waals surface area contributed by atoms with Crippen LogP contribution in [0, 0.1) is 19.8 Å². The molecule has 0 fully saturated rings. The van der Waals surface area contributed by atoms with Gasteiger partial charge in [0.25, 0.3) is 10.0 Å². The zero-order valence-corrected chi connectivity index (χ0v) is 27.1. The van der Waals surface area contributed by atoms with Gasteiger partial charge in [0.1, 0.15) is 28.2 Å². The lowest BCUT2D eigenvalue weighted by Gasteiger charge is -2.33. The number of carbonyl (C=O) groups excluding carboxylic acids is 1. The third-order valence-electron chi connectivity index (χ3n) is 7.61. The number of ether oxygens (including phenoxy) is 2. The number of benzene rings is 2. The van der Waals surface area contributed by atoms with E-state index in [0.29, 0.717) is 17.1 Å². The van der Waals surface area contributed by atoms with E-state index in [1.54, 1.807) is 19.9 Å². The zero-order chi connectivity index (χ0) is 32.4.